The summed E-state index contributed by atoms with van der Waals surface area (Å²) in [5.41, 5.74) is 2.50. The van der Waals surface area contributed by atoms with Gasteiger partial charge in [-0.3, -0.25) is 14.4 Å². The molecule has 0 bridgehead atoms. The molecule has 29 heavy (non-hydrogen) atoms. The van der Waals surface area contributed by atoms with Gasteiger partial charge in [0.05, 0.1) is 18.2 Å². The van der Waals surface area contributed by atoms with Crippen LogP contribution in [0.4, 0.5) is 5.69 Å². The molecule has 2 amide bonds. The molecule has 2 aromatic carbocycles. The lowest BCUT2D eigenvalue weighted by Crippen LogP contribution is -2.33. The molecule has 1 heterocycles. The highest BCUT2D eigenvalue weighted by Crippen LogP contribution is 2.33. The molecule has 0 fully saturated rings. The summed E-state index contributed by atoms with van der Waals surface area (Å²) in [7, 11) is 0. The van der Waals surface area contributed by atoms with Crippen molar-refractivity contribution in [2.24, 2.45) is 0 Å². The molecule has 0 saturated heterocycles. The van der Waals surface area contributed by atoms with Gasteiger partial charge in [0.15, 0.2) is 6.61 Å². The lowest BCUT2D eigenvalue weighted by molar-refractivity contribution is -0.149. The van der Waals surface area contributed by atoms with Crippen molar-refractivity contribution in [3.63, 3.8) is 0 Å². The summed E-state index contributed by atoms with van der Waals surface area (Å²) >= 11 is 1.52. The largest absolute Gasteiger partial charge is 0.455 e. The van der Waals surface area contributed by atoms with Gasteiger partial charge >= 0.3 is 5.97 Å². The van der Waals surface area contributed by atoms with Crippen LogP contribution < -0.4 is 5.32 Å². The van der Waals surface area contributed by atoms with Crippen molar-refractivity contribution in [3.8, 4) is 0 Å². The maximum absolute atomic E-state index is 12.4. The van der Waals surface area contributed by atoms with Crippen LogP contribution in [-0.4, -0.2) is 35.5 Å². The van der Waals surface area contributed by atoms with E-state index < -0.39 is 17.9 Å². The van der Waals surface area contributed by atoms with E-state index in [0.29, 0.717) is 5.69 Å². The van der Waals surface area contributed by atoms with Crippen LogP contribution in [0.3, 0.4) is 0 Å². The Hall–Kier alpha value is -3.06. The monoisotopic (exact) mass is 410 g/mol. The molecule has 2 aromatic rings. The van der Waals surface area contributed by atoms with E-state index in [1.54, 1.807) is 12.3 Å². The number of nitrogens with one attached hydrogen (secondary N) is 1. The molecule has 0 aliphatic carbocycles. The number of hydrogen-bond acceptors (Lipinski definition) is 5. The minimum absolute atomic E-state index is 0.0321. The van der Waals surface area contributed by atoms with E-state index >= 15 is 0 Å². The number of anilines is 1. The molecule has 6 nitrogen and oxygen atoms in total. The SMILES string of the molecule is CSc1ccccc1NC(=O)COC(=O)C[C@H]1c2ccccc2C=CN1C(C)=O. The van der Waals surface area contributed by atoms with Crippen molar-refractivity contribution >= 4 is 41.3 Å². The quantitative estimate of drug-likeness (QED) is 0.578. The Morgan fingerprint density at radius 1 is 1.10 bits per heavy atom. The first-order valence-electron chi connectivity index (χ1n) is 9.14. The first kappa shape index (κ1) is 20.7. The zero-order valence-electron chi connectivity index (χ0n) is 16.3. The van der Waals surface area contributed by atoms with Gasteiger partial charge in [-0.05, 0) is 35.6 Å². The van der Waals surface area contributed by atoms with E-state index in [9.17, 15) is 14.4 Å². The maximum atomic E-state index is 12.4. The Bertz CT molecular complexity index is 957. The first-order valence-corrected chi connectivity index (χ1v) is 10.4. The van der Waals surface area contributed by atoms with Gasteiger partial charge in [-0.15, -0.1) is 11.8 Å². The summed E-state index contributed by atoms with van der Waals surface area (Å²) in [6.45, 7) is 1.07. The van der Waals surface area contributed by atoms with Crippen molar-refractivity contribution in [2.75, 3.05) is 18.2 Å². The maximum Gasteiger partial charge on any atom is 0.308 e. The van der Waals surface area contributed by atoms with E-state index in [0.717, 1.165) is 16.0 Å². The zero-order chi connectivity index (χ0) is 20.8. The van der Waals surface area contributed by atoms with E-state index in [1.165, 1.54) is 23.6 Å². The minimum Gasteiger partial charge on any atom is -0.455 e. The van der Waals surface area contributed by atoms with Crippen molar-refractivity contribution in [1.29, 1.82) is 0 Å². The number of esters is 1. The summed E-state index contributed by atoms with van der Waals surface area (Å²) in [5.74, 6) is -1.12. The van der Waals surface area contributed by atoms with Crippen molar-refractivity contribution in [2.45, 2.75) is 24.3 Å². The van der Waals surface area contributed by atoms with E-state index in [-0.39, 0.29) is 18.9 Å². The molecule has 0 saturated carbocycles. The summed E-state index contributed by atoms with van der Waals surface area (Å²) in [6.07, 6.45) is 5.40. The van der Waals surface area contributed by atoms with E-state index in [2.05, 4.69) is 5.32 Å². The number of hydrogen-bond donors (Lipinski definition) is 1. The van der Waals surface area contributed by atoms with Crippen LogP contribution in [0.2, 0.25) is 0 Å². The van der Waals surface area contributed by atoms with Gasteiger partial charge in [0.25, 0.3) is 5.91 Å². The summed E-state index contributed by atoms with van der Waals surface area (Å²) < 4.78 is 5.18. The molecule has 1 aliphatic heterocycles. The Kier molecular flexibility index (Phi) is 6.72. The van der Waals surface area contributed by atoms with Crippen molar-refractivity contribution in [1.82, 2.24) is 4.90 Å². The predicted octanol–water partition coefficient (Wildman–Crippen LogP) is 3.85. The van der Waals surface area contributed by atoms with Gasteiger partial charge < -0.3 is 15.0 Å². The highest BCUT2D eigenvalue weighted by atomic mass is 32.2. The number of ether oxygens (including phenoxy) is 1. The fourth-order valence-electron chi connectivity index (χ4n) is 3.21. The highest BCUT2D eigenvalue weighted by Gasteiger charge is 2.28. The topological polar surface area (TPSA) is 75.7 Å². The third-order valence-corrected chi connectivity index (χ3v) is 5.37. The third-order valence-electron chi connectivity index (χ3n) is 4.57. The van der Waals surface area contributed by atoms with Gasteiger partial charge in [0.1, 0.15) is 0 Å². The molecule has 3 rings (SSSR count). The number of benzene rings is 2. The lowest BCUT2D eigenvalue weighted by Gasteiger charge is -2.32. The number of para-hydroxylation sites is 1. The lowest BCUT2D eigenvalue weighted by atomic mass is 9.94. The molecule has 7 heteroatoms. The standard InChI is InChI=1S/C22H22N2O4S/c1-15(25)24-12-11-16-7-3-4-8-17(16)19(24)13-22(27)28-14-21(26)23-18-9-5-6-10-20(18)29-2/h3-12,19H,13-14H2,1-2H3,(H,23,26)/t19-/m0/s1. The second-order valence-corrected chi connectivity index (χ2v) is 7.35. The number of rotatable bonds is 6. The average molecular weight is 410 g/mol. The van der Waals surface area contributed by atoms with Gasteiger partial charge in [0, 0.05) is 18.0 Å². The number of carbonyl (C=O) groups is 3. The minimum atomic E-state index is -0.542. The molecule has 1 N–H and O–H groups in total. The summed E-state index contributed by atoms with van der Waals surface area (Å²) in [5, 5.41) is 2.75. The number of carbonyl (C=O) groups excluding carboxylic acids is 3. The zero-order valence-corrected chi connectivity index (χ0v) is 17.1. The first-order chi connectivity index (χ1) is 14.0. The van der Waals surface area contributed by atoms with Crippen LogP contribution in [0.25, 0.3) is 6.08 Å². The molecule has 150 valence electrons. The van der Waals surface area contributed by atoms with E-state index in [1.807, 2.05) is 54.8 Å². The fourth-order valence-corrected chi connectivity index (χ4v) is 3.76. The van der Waals surface area contributed by atoms with Gasteiger partial charge in [-0.2, -0.15) is 0 Å². The van der Waals surface area contributed by atoms with E-state index in [4.69, 9.17) is 4.74 Å². The Morgan fingerprint density at radius 3 is 2.59 bits per heavy atom. The van der Waals surface area contributed by atoms with Crippen LogP contribution in [0.5, 0.6) is 0 Å². The fraction of sp³-hybridized carbons (Fsp3) is 0.227. The molecule has 1 aliphatic rings. The van der Waals surface area contributed by atoms with Crippen LogP contribution >= 0.6 is 11.8 Å². The van der Waals surface area contributed by atoms with Gasteiger partial charge in [-0.1, -0.05) is 36.4 Å². The average Bonchev–Trinajstić information content (AvgIpc) is 2.72. The normalized spacial score (nSPS) is 14.8. The Balaban J connectivity index is 1.61. The molecule has 0 unspecified atom stereocenters. The third kappa shape index (κ3) is 5.06. The smallest absolute Gasteiger partial charge is 0.308 e. The molecule has 0 radical (unpaired) electrons. The van der Waals surface area contributed by atoms with Gasteiger partial charge in [0.2, 0.25) is 5.91 Å². The molecular weight excluding hydrogens is 388 g/mol. The Morgan fingerprint density at radius 2 is 1.83 bits per heavy atom. The second-order valence-electron chi connectivity index (χ2n) is 6.50. The molecule has 0 spiro atoms. The number of fused-ring (bicyclic) bond motifs is 1. The molecule has 0 aromatic heterocycles. The number of nitrogens with zero attached hydrogens (tertiary/aromatic N) is 1. The van der Waals surface area contributed by atoms with Crippen LogP contribution in [0.1, 0.15) is 30.5 Å². The molecular formula is C22H22N2O4S. The number of thioether (sulfide) groups is 1. The Labute approximate surface area is 173 Å². The highest BCUT2D eigenvalue weighted by molar-refractivity contribution is 7.98. The second kappa shape index (κ2) is 9.43. The molecule has 1 atom stereocenters. The van der Waals surface area contributed by atoms with Gasteiger partial charge in [-0.25, -0.2) is 0 Å². The predicted molar refractivity (Wildman–Crippen MR) is 113 cm³/mol. The van der Waals surface area contributed by atoms with Crippen molar-refractivity contribution in [3.05, 3.63) is 65.9 Å². The van der Waals surface area contributed by atoms with Crippen LogP contribution in [0, 0.1) is 0 Å². The number of amides is 2. The van der Waals surface area contributed by atoms with Crippen LogP contribution in [0.15, 0.2) is 59.6 Å². The summed E-state index contributed by atoms with van der Waals surface area (Å²) in [4.78, 5) is 39.0. The van der Waals surface area contributed by atoms with Crippen LogP contribution in [-0.2, 0) is 19.1 Å². The summed E-state index contributed by atoms with van der Waals surface area (Å²) in [6, 6.07) is 14.5. The van der Waals surface area contributed by atoms with Crippen molar-refractivity contribution < 1.29 is 19.1 Å².